The number of rotatable bonds is 7. The number of aryl methyl sites for hydroxylation is 1. The Morgan fingerprint density at radius 3 is 2.54 bits per heavy atom. The molecule has 26 heavy (non-hydrogen) atoms. The van der Waals surface area contributed by atoms with Gasteiger partial charge >= 0.3 is 5.97 Å². The number of benzene rings is 1. The van der Waals surface area contributed by atoms with Gasteiger partial charge in [0, 0.05) is 17.2 Å². The van der Waals surface area contributed by atoms with Crippen LogP contribution in [-0.2, 0) is 9.53 Å². The summed E-state index contributed by atoms with van der Waals surface area (Å²) in [6.07, 6.45) is -0.128. The van der Waals surface area contributed by atoms with Crippen LogP contribution in [0.5, 0.6) is 17.2 Å². The van der Waals surface area contributed by atoms with E-state index >= 15 is 0 Å². The first-order valence-corrected chi connectivity index (χ1v) is 8.21. The Kier molecular flexibility index (Phi) is 6.27. The normalized spacial score (nSPS) is 11.7. The van der Waals surface area contributed by atoms with Gasteiger partial charge in [-0.05, 0) is 38.1 Å². The number of esters is 1. The highest BCUT2D eigenvalue weighted by Crippen LogP contribution is 2.38. The highest BCUT2D eigenvalue weighted by atomic mass is 16.5. The van der Waals surface area contributed by atoms with Crippen LogP contribution in [0.25, 0.3) is 0 Å². The lowest BCUT2D eigenvalue weighted by Gasteiger charge is -2.21. The van der Waals surface area contributed by atoms with Gasteiger partial charge < -0.3 is 24.3 Å². The molecule has 0 fully saturated rings. The van der Waals surface area contributed by atoms with E-state index in [1.165, 1.54) is 20.3 Å². The van der Waals surface area contributed by atoms with Crippen LogP contribution in [-0.4, -0.2) is 36.9 Å². The second kappa shape index (κ2) is 8.42. The van der Waals surface area contributed by atoms with Crippen LogP contribution in [0.1, 0.15) is 36.1 Å². The summed E-state index contributed by atoms with van der Waals surface area (Å²) >= 11 is 0. The van der Waals surface area contributed by atoms with Crippen LogP contribution in [0.4, 0.5) is 0 Å². The predicted molar refractivity (Wildman–Crippen MR) is 96.1 cm³/mol. The summed E-state index contributed by atoms with van der Waals surface area (Å²) in [7, 11) is 3.01. The molecule has 0 saturated carbocycles. The van der Waals surface area contributed by atoms with Gasteiger partial charge in [0.15, 0.2) is 0 Å². The SMILES string of the molecule is CCOC(=O)C[C@@H](c1cc(OC)ccc1OC)c1c(O)cc(C)[nH]c1=O. The van der Waals surface area contributed by atoms with Crippen molar-refractivity contribution < 1.29 is 24.1 Å². The van der Waals surface area contributed by atoms with Crippen molar-refractivity contribution >= 4 is 5.97 Å². The van der Waals surface area contributed by atoms with Crippen molar-refractivity contribution in [2.24, 2.45) is 0 Å². The van der Waals surface area contributed by atoms with Crippen LogP contribution in [0.15, 0.2) is 29.1 Å². The number of aromatic hydroxyl groups is 1. The first-order chi connectivity index (χ1) is 12.4. The molecule has 0 unspecified atom stereocenters. The zero-order valence-corrected chi connectivity index (χ0v) is 15.3. The van der Waals surface area contributed by atoms with Crippen molar-refractivity contribution in [2.45, 2.75) is 26.2 Å². The fraction of sp³-hybridized carbons (Fsp3) is 0.368. The Labute approximate surface area is 151 Å². The number of carbonyl (C=O) groups excluding carboxylic acids is 1. The van der Waals surface area contributed by atoms with Gasteiger partial charge in [0.05, 0.1) is 32.8 Å². The van der Waals surface area contributed by atoms with Crippen molar-refractivity contribution in [1.29, 1.82) is 0 Å². The number of hydrogen-bond donors (Lipinski definition) is 2. The summed E-state index contributed by atoms with van der Waals surface area (Å²) in [5.74, 6) is -0.423. The minimum Gasteiger partial charge on any atom is -0.507 e. The molecule has 0 radical (unpaired) electrons. The van der Waals surface area contributed by atoms with Crippen molar-refractivity contribution in [3.05, 3.63) is 51.4 Å². The van der Waals surface area contributed by atoms with Crippen LogP contribution in [0.2, 0.25) is 0 Å². The molecule has 2 aromatic rings. The summed E-state index contributed by atoms with van der Waals surface area (Å²) < 4.78 is 15.7. The average Bonchev–Trinajstić information content (AvgIpc) is 2.59. The van der Waals surface area contributed by atoms with E-state index in [1.54, 1.807) is 32.0 Å². The number of aromatic amines is 1. The van der Waals surface area contributed by atoms with Crippen molar-refractivity contribution in [3.8, 4) is 17.2 Å². The highest BCUT2D eigenvalue weighted by molar-refractivity contribution is 5.72. The molecular weight excluding hydrogens is 338 g/mol. The quantitative estimate of drug-likeness (QED) is 0.735. The minimum absolute atomic E-state index is 0.0789. The molecule has 7 heteroatoms. The van der Waals surface area contributed by atoms with Crippen LogP contribution in [0.3, 0.4) is 0 Å². The van der Waals surface area contributed by atoms with E-state index in [2.05, 4.69) is 4.98 Å². The van der Waals surface area contributed by atoms with Gasteiger partial charge in [-0.25, -0.2) is 0 Å². The maximum atomic E-state index is 12.5. The van der Waals surface area contributed by atoms with Gasteiger partial charge in [-0.1, -0.05) is 0 Å². The molecule has 0 bridgehead atoms. The van der Waals surface area contributed by atoms with E-state index in [1.807, 2.05) is 0 Å². The van der Waals surface area contributed by atoms with Crippen molar-refractivity contribution in [1.82, 2.24) is 4.98 Å². The third-order valence-electron chi connectivity index (χ3n) is 4.02. The van der Waals surface area contributed by atoms with Crippen LogP contribution >= 0.6 is 0 Å². The van der Waals surface area contributed by atoms with E-state index in [0.29, 0.717) is 22.8 Å². The number of carbonyl (C=O) groups is 1. The Morgan fingerprint density at radius 2 is 1.96 bits per heavy atom. The van der Waals surface area contributed by atoms with Crippen molar-refractivity contribution in [3.63, 3.8) is 0 Å². The molecule has 0 amide bonds. The fourth-order valence-corrected chi connectivity index (χ4v) is 2.88. The van der Waals surface area contributed by atoms with Gasteiger partial charge in [-0.2, -0.15) is 0 Å². The molecule has 1 aromatic carbocycles. The Bertz CT molecular complexity index is 842. The number of hydrogen-bond acceptors (Lipinski definition) is 6. The van der Waals surface area contributed by atoms with Crippen LogP contribution < -0.4 is 15.0 Å². The summed E-state index contributed by atoms with van der Waals surface area (Å²) in [6, 6.07) is 6.53. The van der Waals surface area contributed by atoms with Crippen molar-refractivity contribution in [2.75, 3.05) is 20.8 Å². The molecule has 1 heterocycles. The summed E-state index contributed by atoms with van der Waals surface area (Å²) in [5.41, 5.74) is 0.671. The molecular formula is C19H23NO6. The number of aromatic nitrogens is 1. The summed E-state index contributed by atoms with van der Waals surface area (Å²) in [4.78, 5) is 27.3. The first-order valence-electron chi connectivity index (χ1n) is 8.21. The molecule has 7 nitrogen and oxygen atoms in total. The Morgan fingerprint density at radius 1 is 1.23 bits per heavy atom. The maximum Gasteiger partial charge on any atom is 0.306 e. The van der Waals surface area contributed by atoms with Gasteiger partial charge in [0.1, 0.15) is 17.2 Å². The van der Waals surface area contributed by atoms with Crippen LogP contribution in [0, 0.1) is 6.92 Å². The van der Waals surface area contributed by atoms with Gasteiger partial charge in [0.25, 0.3) is 5.56 Å². The largest absolute Gasteiger partial charge is 0.507 e. The van der Waals surface area contributed by atoms with Gasteiger partial charge in [0.2, 0.25) is 0 Å². The smallest absolute Gasteiger partial charge is 0.306 e. The standard InChI is InChI=1S/C19H23NO6/c1-5-26-17(22)10-14(18-15(21)8-11(2)20-19(18)23)13-9-12(24-3)6-7-16(13)25-4/h6-9,14H,5,10H2,1-4H3,(H2,20,21,23)/t14-/m0/s1. The van der Waals surface area contributed by atoms with E-state index in [9.17, 15) is 14.7 Å². The third kappa shape index (κ3) is 4.17. The summed E-state index contributed by atoms with van der Waals surface area (Å²) in [6.45, 7) is 3.59. The first kappa shape index (κ1) is 19.4. The van der Waals surface area contributed by atoms with Gasteiger partial charge in [-0.3, -0.25) is 9.59 Å². The van der Waals surface area contributed by atoms with Gasteiger partial charge in [-0.15, -0.1) is 0 Å². The second-order valence-corrected chi connectivity index (χ2v) is 5.75. The minimum atomic E-state index is -0.761. The number of pyridine rings is 1. The topological polar surface area (TPSA) is 97.8 Å². The van der Waals surface area contributed by atoms with E-state index < -0.39 is 17.4 Å². The number of H-pyrrole nitrogens is 1. The molecule has 1 aromatic heterocycles. The monoisotopic (exact) mass is 361 g/mol. The van der Waals surface area contributed by atoms with E-state index in [0.717, 1.165) is 0 Å². The zero-order chi connectivity index (χ0) is 19.3. The maximum absolute atomic E-state index is 12.5. The molecule has 0 aliphatic carbocycles. The van der Waals surface area contributed by atoms with E-state index in [-0.39, 0.29) is 24.3 Å². The molecule has 1 atom stereocenters. The number of nitrogens with one attached hydrogen (secondary N) is 1. The molecule has 2 N–H and O–H groups in total. The molecule has 2 rings (SSSR count). The predicted octanol–water partition coefficient (Wildman–Crippen LogP) is 2.49. The molecule has 140 valence electrons. The molecule has 0 aliphatic rings. The summed E-state index contributed by atoms with van der Waals surface area (Å²) in [5, 5.41) is 10.4. The highest BCUT2D eigenvalue weighted by Gasteiger charge is 2.28. The fourth-order valence-electron chi connectivity index (χ4n) is 2.88. The Hall–Kier alpha value is -2.96. The lowest BCUT2D eigenvalue weighted by molar-refractivity contribution is -0.143. The zero-order valence-electron chi connectivity index (χ0n) is 15.3. The Balaban J connectivity index is 2.67. The lowest BCUT2D eigenvalue weighted by Crippen LogP contribution is -2.21. The number of ether oxygens (including phenoxy) is 3. The third-order valence-corrected chi connectivity index (χ3v) is 4.02. The van der Waals surface area contributed by atoms with E-state index in [4.69, 9.17) is 14.2 Å². The second-order valence-electron chi connectivity index (χ2n) is 5.75. The average molecular weight is 361 g/mol. The molecule has 0 aliphatic heterocycles. The number of methoxy groups -OCH3 is 2. The molecule has 0 saturated heterocycles. The molecule has 0 spiro atoms. The lowest BCUT2D eigenvalue weighted by atomic mass is 9.87.